The summed E-state index contributed by atoms with van der Waals surface area (Å²) in [6.07, 6.45) is 5.20. The van der Waals surface area contributed by atoms with Gasteiger partial charge in [0.25, 0.3) is 0 Å². The highest BCUT2D eigenvalue weighted by Gasteiger charge is 2.23. The highest BCUT2D eigenvalue weighted by molar-refractivity contribution is 5.84. The van der Waals surface area contributed by atoms with Crippen molar-refractivity contribution < 1.29 is 0 Å². The van der Waals surface area contributed by atoms with Crippen LogP contribution >= 0.6 is 0 Å². The van der Waals surface area contributed by atoms with Gasteiger partial charge in [-0.1, -0.05) is 49.7 Å². The molecule has 0 heterocycles. The van der Waals surface area contributed by atoms with Gasteiger partial charge >= 0.3 is 0 Å². The summed E-state index contributed by atoms with van der Waals surface area (Å²) >= 11 is 0. The summed E-state index contributed by atoms with van der Waals surface area (Å²) in [5, 5.41) is 2.81. The second-order valence-corrected chi connectivity index (χ2v) is 4.97. The van der Waals surface area contributed by atoms with Crippen LogP contribution in [0.25, 0.3) is 10.8 Å². The molecular formula is C16H18. The molecule has 16 heavy (non-hydrogen) atoms. The van der Waals surface area contributed by atoms with Gasteiger partial charge in [0, 0.05) is 0 Å². The lowest BCUT2D eigenvalue weighted by Gasteiger charge is -2.04. The van der Waals surface area contributed by atoms with E-state index in [0.717, 1.165) is 5.92 Å². The molecule has 0 aliphatic heterocycles. The molecule has 0 nitrogen and oxygen atoms in total. The van der Waals surface area contributed by atoms with E-state index in [0.29, 0.717) is 0 Å². The van der Waals surface area contributed by atoms with E-state index in [9.17, 15) is 0 Å². The van der Waals surface area contributed by atoms with Gasteiger partial charge in [-0.3, -0.25) is 0 Å². The Morgan fingerprint density at radius 1 is 1.00 bits per heavy atom. The van der Waals surface area contributed by atoms with Crippen molar-refractivity contribution in [2.24, 2.45) is 0 Å². The van der Waals surface area contributed by atoms with Gasteiger partial charge < -0.3 is 0 Å². The van der Waals surface area contributed by atoms with Gasteiger partial charge in [-0.25, -0.2) is 0 Å². The summed E-state index contributed by atoms with van der Waals surface area (Å²) in [4.78, 5) is 0. The van der Waals surface area contributed by atoms with E-state index in [1.165, 1.54) is 47.6 Å². The van der Waals surface area contributed by atoms with Gasteiger partial charge in [0.1, 0.15) is 0 Å². The van der Waals surface area contributed by atoms with Crippen molar-refractivity contribution in [1.29, 1.82) is 0 Å². The fourth-order valence-corrected chi connectivity index (χ4v) is 2.43. The lowest BCUT2D eigenvalue weighted by atomic mass is 10.0. The van der Waals surface area contributed by atoms with Crippen LogP contribution in [-0.4, -0.2) is 0 Å². The molecule has 2 aromatic carbocycles. The zero-order chi connectivity index (χ0) is 11.0. The molecule has 0 N–H and O–H groups in total. The molecule has 1 saturated carbocycles. The lowest BCUT2D eigenvalue weighted by Crippen LogP contribution is -1.85. The third-order valence-corrected chi connectivity index (χ3v) is 3.52. The van der Waals surface area contributed by atoms with Gasteiger partial charge in [-0.2, -0.15) is 0 Å². The van der Waals surface area contributed by atoms with Gasteiger partial charge in [0.05, 0.1) is 0 Å². The minimum absolute atomic E-state index is 0.861. The van der Waals surface area contributed by atoms with Crippen LogP contribution in [0.5, 0.6) is 0 Å². The molecule has 2 aromatic rings. The smallest absolute Gasteiger partial charge is 0.0161 e. The normalized spacial score (nSPS) is 15.6. The van der Waals surface area contributed by atoms with E-state index in [1.807, 2.05) is 0 Å². The first kappa shape index (κ1) is 9.89. The Balaban J connectivity index is 2.02. The molecule has 0 amide bonds. The van der Waals surface area contributed by atoms with Crippen LogP contribution in [0.4, 0.5) is 0 Å². The monoisotopic (exact) mass is 210 g/mol. The molecule has 1 aliphatic carbocycles. The van der Waals surface area contributed by atoms with Gasteiger partial charge in [0.2, 0.25) is 0 Å². The maximum Gasteiger partial charge on any atom is -0.0161 e. The first-order valence-corrected chi connectivity index (χ1v) is 6.39. The number of aryl methyl sites for hydroxylation is 1. The van der Waals surface area contributed by atoms with E-state index in [-0.39, 0.29) is 0 Å². The van der Waals surface area contributed by atoms with E-state index < -0.39 is 0 Å². The highest BCUT2D eigenvalue weighted by Crippen LogP contribution is 2.40. The Morgan fingerprint density at radius 2 is 1.75 bits per heavy atom. The molecule has 3 rings (SSSR count). The molecule has 0 radical (unpaired) electrons. The number of fused-ring (bicyclic) bond motifs is 1. The Bertz CT molecular complexity index is 506. The molecule has 0 heteroatoms. The molecule has 0 saturated heterocycles. The summed E-state index contributed by atoms with van der Waals surface area (Å²) in [6.45, 7) is 2.24. The van der Waals surface area contributed by atoms with Gasteiger partial charge in [-0.05, 0) is 47.1 Å². The quantitative estimate of drug-likeness (QED) is 0.690. The van der Waals surface area contributed by atoms with Crippen molar-refractivity contribution in [3.05, 3.63) is 47.5 Å². The molecule has 82 valence electrons. The van der Waals surface area contributed by atoms with Crippen LogP contribution in [-0.2, 0) is 6.42 Å². The first-order valence-electron chi connectivity index (χ1n) is 6.39. The van der Waals surface area contributed by atoms with Crippen LogP contribution < -0.4 is 0 Å². The summed E-state index contributed by atoms with van der Waals surface area (Å²) in [5.74, 6) is 0.861. The van der Waals surface area contributed by atoms with E-state index in [2.05, 4.69) is 43.3 Å². The zero-order valence-electron chi connectivity index (χ0n) is 9.87. The molecule has 0 spiro atoms. The zero-order valence-corrected chi connectivity index (χ0v) is 9.87. The van der Waals surface area contributed by atoms with Crippen LogP contribution in [0.2, 0.25) is 0 Å². The fraction of sp³-hybridized carbons (Fsp3) is 0.375. The number of hydrogen-bond donors (Lipinski definition) is 0. The van der Waals surface area contributed by atoms with Crippen LogP contribution in [0.15, 0.2) is 36.4 Å². The standard InChI is InChI=1S/C16H18/c1-2-3-12-4-5-16-11-15(13-6-7-13)9-8-14(16)10-12/h4-5,8-11,13H,2-3,6-7H2,1H3. The third-order valence-electron chi connectivity index (χ3n) is 3.52. The predicted octanol–water partition coefficient (Wildman–Crippen LogP) is 4.67. The number of hydrogen-bond acceptors (Lipinski definition) is 0. The molecule has 1 fully saturated rings. The topological polar surface area (TPSA) is 0 Å². The number of rotatable bonds is 3. The van der Waals surface area contributed by atoms with Crippen LogP contribution in [0.3, 0.4) is 0 Å². The molecule has 0 unspecified atom stereocenters. The lowest BCUT2D eigenvalue weighted by molar-refractivity contribution is 0.923. The van der Waals surface area contributed by atoms with E-state index >= 15 is 0 Å². The van der Waals surface area contributed by atoms with Crippen molar-refractivity contribution >= 4 is 10.8 Å². The van der Waals surface area contributed by atoms with Crippen molar-refractivity contribution in [1.82, 2.24) is 0 Å². The summed E-state index contributed by atoms with van der Waals surface area (Å²) < 4.78 is 0. The Labute approximate surface area is 97.3 Å². The molecular weight excluding hydrogens is 192 g/mol. The van der Waals surface area contributed by atoms with Gasteiger partial charge in [-0.15, -0.1) is 0 Å². The minimum Gasteiger partial charge on any atom is -0.0651 e. The molecule has 1 aliphatic rings. The fourth-order valence-electron chi connectivity index (χ4n) is 2.43. The summed E-state index contributed by atoms with van der Waals surface area (Å²) in [6, 6.07) is 13.9. The molecule has 0 bridgehead atoms. The molecule has 0 aromatic heterocycles. The van der Waals surface area contributed by atoms with E-state index in [4.69, 9.17) is 0 Å². The first-order chi connectivity index (χ1) is 7.86. The predicted molar refractivity (Wildman–Crippen MR) is 69.9 cm³/mol. The Hall–Kier alpha value is -1.30. The van der Waals surface area contributed by atoms with Crippen molar-refractivity contribution in [2.75, 3.05) is 0 Å². The van der Waals surface area contributed by atoms with Crippen LogP contribution in [0, 0.1) is 0 Å². The summed E-state index contributed by atoms with van der Waals surface area (Å²) in [5.41, 5.74) is 3.00. The second kappa shape index (κ2) is 3.93. The maximum absolute atomic E-state index is 2.38. The third kappa shape index (κ3) is 1.84. The Morgan fingerprint density at radius 3 is 2.50 bits per heavy atom. The molecule has 0 atom stereocenters. The Kier molecular flexibility index (Phi) is 2.43. The SMILES string of the molecule is CCCc1ccc2cc(C3CC3)ccc2c1. The minimum atomic E-state index is 0.861. The highest BCUT2D eigenvalue weighted by atomic mass is 14.3. The summed E-state index contributed by atoms with van der Waals surface area (Å²) in [7, 11) is 0. The maximum atomic E-state index is 2.38. The second-order valence-electron chi connectivity index (χ2n) is 4.97. The van der Waals surface area contributed by atoms with Crippen molar-refractivity contribution in [3.63, 3.8) is 0 Å². The van der Waals surface area contributed by atoms with Gasteiger partial charge in [0.15, 0.2) is 0 Å². The largest absolute Gasteiger partial charge is 0.0651 e. The average Bonchev–Trinajstić information content (AvgIpc) is 3.13. The van der Waals surface area contributed by atoms with Crippen LogP contribution in [0.1, 0.15) is 43.2 Å². The average molecular weight is 210 g/mol. The van der Waals surface area contributed by atoms with Crippen molar-refractivity contribution in [2.45, 2.75) is 38.5 Å². The number of benzene rings is 2. The van der Waals surface area contributed by atoms with E-state index in [1.54, 1.807) is 0 Å². The van der Waals surface area contributed by atoms with Crippen molar-refractivity contribution in [3.8, 4) is 0 Å².